The van der Waals surface area contributed by atoms with E-state index in [1.807, 2.05) is 30.3 Å². The summed E-state index contributed by atoms with van der Waals surface area (Å²) in [5.41, 5.74) is 1.82. The third kappa shape index (κ3) is 4.39. The Bertz CT molecular complexity index is 1160. The number of aryl methyl sites for hydroxylation is 1. The molecule has 2 amide bonds. The summed E-state index contributed by atoms with van der Waals surface area (Å²) >= 11 is 1.28. The van der Waals surface area contributed by atoms with E-state index in [1.54, 1.807) is 5.38 Å². The van der Waals surface area contributed by atoms with Gasteiger partial charge in [-0.1, -0.05) is 18.2 Å². The van der Waals surface area contributed by atoms with E-state index in [-0.39, 0.29) is 11.6 Å². The van der Waals surface area contributed by atoms with Crippen LogP contribution in [0.15, 0.2) is 53.9 Å². The van der Waals surface area contributed by atoms with Crippen LogP contribution in [0.5, 0.6) is 0 Å². The van der Waals surface area contributed by atoms with Gasteiger partial charge in [-0.3, -0.25) is 14.5 Å². The molecule has 0 bridgehead atoms. The van der Waals surface area contributed by atoms with E-state index < -0.39 is 17.5 Å². The predicted molar refractivity (Wildman–Crippen MR) is 117 cm³/mol. The van der Waals surface area contributed by atoms with Gasteiger partial charge >= 0.3 is 0 Å². The van der Waals surface area contributed by atoms with Crippen molar-refractivity contribution in [2.75, 3.05) is 16.3 Å². The first kappa shape index (κ1) is 20.9. The van der Waals surface area contributed by atoms with Crippen LogP contribution in [0.2, 0.25) is 0 Å². The van der Waals surface area contributed by atoms with Crippen LogP contribution in [0.4, 0.5) is 25.3 Å². The Labute approximate surface area is 182 Å². The Hall–Kier alpha value is -3.39. The van der Waals surface area contributed by atoms with E-state index >= 15 is 0 Å². The van der Waals surface area contributed by atoms with Gasteiger partial charge in [0.1, 0.15) is 11.6 Å². The Morgan fingerprint density at radius 1 is 1.19 bits per heavy atom. The van der Waals surface area contributed by atoms with E-state index in [2.05, 4.69) is 4.98 Å². The van der Waals surface area contributed by atoms with Gasteiger partial charge in [0.2, 0.25) is 5.91 Å². The first-order valence-electron chi connectivity index (χ1n) is 9.73. The van der Waals surface area contributed by atoms with Gasteiger partial charge in [-0.15, -0.1) is 11.3 Å². The van der Waals surface area contributed by atoms with Gasteiger partial charge in [-0.2, -0.15) is 0 Å². The summed E-state index contributed by atoms with van der Waals surface area (Å²) in [7, 11) is 0. The van der Waals surface area contributed by atoms with E-state index in [1.165, 1.54) is 46.3 Å². The lowest BCUT2D eigenvalue weighted by atomic mass is 10.0. The molecule has 2 heterocycles. The first-order chi connectivity index (χ1) is 14.9. The monoisotopic (exact) mass is 439 g/mol. The molecule has 0 saturated carbocycles. The number of nitrogens with zero attached hydrogens (tertiary/aromatic N) is 3. The smallest absolute Gasteiger partial charge is 0.251 e. The van der Waals surface area contributed by atoms with Gasteiger partial charge in [0.25, 0.3) is 5.91 Å². The summed E-state index contributed by atoms with van der Waals surface area (Å²) < 4.78 is 27.8. The SMILES string of the molecule is CC(=O)N(c1ccccc1)c1nc(/C=C\C(=O)N2CCCc3cc(F)cc(F)c32)cs1. The number of rotatable bonds is 4. The maximum absolute atomic E-state index is 14.3. The summed E-state index contributed by atoms with van der Waals surface area (Å²) in [5.74, 6) is -1.98. The zero-order valence-corrected chi connectivity index (χ0v) is 17.5. The molecule has 0 fully saturated rings. The van der Waals surface area contributed by atoms with E-state index in [0.717, 1.165) is 6.07 Å². The molecule has 3 aromatic rings. The number of halogens is 2. The molecule has 0 saturated heterocycles. The van der Waals surface area contributed by atoms with Crippen molar-refractivity contribution < 1.29 is 18.4 Å². The Morgan fingerprint density at radius 2 is 1.97 bits per heavy atom. The van der Waals surface area contributed by atoms with E-state index in [4.69, 9.17) is 0 Å². The maximum atomic E-state index is 14.3. The highest BCUT2D eigenvalue weighted by Gasteiger charge is 2.25. The van der Waals surface area contributed by atoms with E-state index in [0.29, 0.717) is 41.5 Å². The number of carbonyl (C=O) groups is 2. The van der Waals surface area contributed by atoms with Gasteiger partial charge in [0.05, 0.1) is 17.1 Å². The number of amides is 2. The first-order valence-corrected chi connectivity index (χ1v) is 10.6. The standard InChI is InChI=1S/C23H19F2N3O2S/c1-15(29)28(19-7-3-2-4-8-19)23-26-18(14-31-23)9-10-21(30)27-11-5-6-16-12-17(24)13-20(25)22(16)27/h2-4,7-10,12-14H,5-6,11H2,1H3/b10-9-. The highest BCUT2D eigenvalue weighted by molar-refractivity contribution is 7.14. The lowest BCUT2D eigenvalue weighted by Crippen LogP contribution is -2.35. The molecule has 0 aliphatic carbocycles. The maximum Gasteiger partial charge on any atom is 0.251 e. The average molecular weight is 439 g/mol. The molecule has 0 spiro atoms. The minimum Gasteiger partial charge on any atom is -0.306 e. The second kappa shape index (κ2) is 8.77. The molecule has 158 valence electrons. The van der Waals surface area contributed by atoms with Crippen LogP contribution in [0, 0.1) is 11.6 Å². The molecule has 8 heteroatoms. The molecule has 31 heavy (non-hydrogen) atoms. The van der Waals surface area contributed by atoms with Gasteiger partial charge in [-0.05, 0) is 42.7 Å². The zero-order chi connectivity index (χ0) is 22.0. The largest absolute Gasteiger partial charge is 0.306 e. The summed E-state index contributed by atoms with van der Waals surface area (Å²) in [5, 5.41) is 2.22. The summed E-state index contributed by atoms with van der Waals surface area (Å²) in [6.45, 7) is 1.81. The highest BCUT2D eigenvalue weighted by atomic mass is 32.1. The number of fused-ring (bicyclic) bond motifs is 1. The molecule has 1 aliphatic rings. The minimum atomic E-state index is -0.743. The van der Waals surface area contributed by atoms with Crippen molar-refractivity contribution in [3.8, 4) is 0 Å². The molecular weight excluding hydrogens is 420 g/mol. The van der Waals surface area contributed by atoms with Crippen LogP contribution < -0.4 is 9.80 Å². The zero-order valence-electron chi connectivity index (χ0n) is 16.7. The molecule has 0 radical (unpaired) electrons. The molecule has 0 N–H and O–H groups in total. The van der Waals surface area contributed by atoms with E-state index in [9.17, 15) is 18.4 Å². The van der Waals surface area contributed by atoms with Crippen molar-refractivity contribution in [1.82, 2.24) is 4.98 Å². The number of benzene rings is 2. The Balaban J connectivity index is 1.55. The normalized spacial score (nSPS) is 13.3. The third-order valence-corrected chi connectivity index (χ3v) is 5.74. The average Bonchev–Trinajstić information content (AvgIpc) is 3.20. The van der Waals surface area contributed by atoms with Crippen LogP contribution in [0.3, 0.4) is 0 Å². The van der Waals surface area contributed by atoms with Crippen molar-refractivity contribution in [3.63, 3.8) is 0 Å². The number of thiazole rings is 1. The number of carbonyl (C=O) groups excluding carboxylic acids is 2. The van der Waals surface area contributed by atoms with Crippen molar-refractivity contribution >= 4 is 45.7 Å². The van der Waals surface area contributed by atoms with Gasteiger partial charge in [-0.25, -0.2) is 13.8 Å². The molecule has 2 aromatic carbocycles. The quantitative estimate of drug-likeness (QED) is 0.532. The highest BCUT2D eigenvalue weighted by Crippen LogP contribution is 2.32. The fourth-order valence-electron chi connectivity index (χ4n) is 3.58. The van der Waals surface area contributed by atoms with Crippen LogP contribution in [0.25, 0.3) is 6.08 Å². The fourth-order valence-corrected chi connectivity index (χ4v) is 4.43. The number of anilines is 3. The number of para-hydroxylation sites is 1. The number of hydrogen-bond acceptors (Lipinski definition) is 4. The van der Waals surface area contributed by atoms with Gasteiger partial charge in [0.15, 0.2) is 5.13 Å². The number of aromatic nitrogens is 1. The van der Waals surface area contributed by atoms with Crippen LogP contribution >= 0.6 is 11.3 Å². The summed E-state index contributed by atoms with van der Waals surface area (Å²) in [6, 6.07) is 11.2. The summed E-state index contributed by atoms with van der Waals surface area (Å²) in [6.07, 6.45) is 3.99. The Morgan fingerprint density at radius 3 is 2.71 bits per heavy atom. The van der Waals surface area contributed by atoms with Gasteiger partial charge < -0.3 is 4.90 Å². The van der Waals surface area contributed by atoms with Crippen molar-refractivity contribution in [2.45, 2.75) is 19.8 Å². The lowest BCUT2D eigenvalue weighted by molar-refractivity contribution is -0.116. The van der Waals surface area contributed by atoms with Crippen molar-refractivity contribution in [1.29, 1.82) is 0 Å². The molecule has 0 unspecified atom stereocenters. The fraction of sp³-hybridized carbons (Fsp3) is 0.174. The number of hydrogen-bond donors (Lipinski definition) is 0. The minimum absolute atomic E-state index is 0.132. The molecule has 0 atom stereocenters. The Kier molecular flexibility index (Phi) is 5.90. The topological polar surface area (TPSA) is 53.5 Å². The summed E-state index contributed by atoms with van der Waals surface area (Å²) in [4.78, 5) is 32.1. The molecule has 1 aliphatic heterocycles. The second-order valence-electron chi connectivity index (χ2n) is 7.07. The molecular formula is C23H19F2N3O2S. The lowest BCUT2D eigenvalue weighted by Gasteiger charge is -2.29. The molecule has 1 aromatic heterocycles. The predicted octanol–water partition coefficient (Wildman–Crippen LogP) is 5.10. The second-order valence-corrected chi connectivity index (χ2v) is 7.90. The van der Waals surface area contributed by atoms with Crippen LogP contribution in [0.1, 0.15) is 24.6 Å². The van der Waals surface area contributed by atoms with Crippen molar-refractivity contribution in [3.05, 3.63) is 76.8 Å². The van der Waals surface area contributed by atoms with Gasteiger partial charge in [0, 0.05) is 31.0 Å². The van der Waals surface area contributed by atoms with Crippen LogP contribution in [-0.4, -0.2) is 23.3 Å². The molecule has 5 nitrogen and oxygen atoms in total. The molecule has 4 rings (SSSR count). The van der Waals surface area contributed by atoms with Crippen LogP contribution in [-0.2, 0) is 16.0 Å². The third-order valence-electron chi connectivity index (χ3n) is 4.90. The van der Waals surface area contributed by atoms with Crippen molar-refractivity contribution in [2.24, 2.45) is 0 Å².